The molecule has 0 aromatic heterocycles. The SMILES string of the molecule is [Cl][Ni][Cl].c1ccc(-c2ccc(N=C3C(=Nc4ccc(-c5ccccc5)cc4)c4cccc5cccc3c45)cc2)cc1. The first-order valence-corrected chi connectivity index (χ1v) is 15.8. The third-order valence-corrected chi connectivity index (χ3v) is 7.07. The molecule has 0 unspecified atom stereocenters. The van der Waals surface area contributed by atoms with E-state index in [4.69, 9.17) is 30.4 Å². The molecule has 6 aromatic carbocycles. The van der Waals surface area contributed by atoms with E-state index in [1.807, 2.05) is 12.1 Å². The van der Waals surface area contributed by atoms with Crippen LogP contribution in [0.1, 0.15) is 11.1 Å². The Hall–Kier alpha value is -4.01. The van der Waals surface area contributed by atoms with Gasteiger partial charge in [-0.3, -0.25) is 0 Å². The van der Waals surface area contributed by atoms with E-state index in [2.05, 4.69) is 133 Å². The maximum atomic E-state index is 5.16. The predicted molar refractivity (Wildman–Crippen MR) is 172 cm³/mol. The molecular formula is C36H24Cl2N2Ni. The van der Waals surface area contributed by atoms with Crippen LogP contribution >= 0.6 is 20.4 Å². The minimum Gasteiger partial charge on any atom is -0.246 e. The Kier molecular flexibility index (Phi) is 8.39. The molecule has 41 heavy (non-hydrogen) atoms. The van der Waals surface area contributed by atoms with Crippen molar-refractivity contribution < 1.29 is 12.7 Å². The first kappa shape index (κ1) is 27.2. The van der Waals surface area contributed by atoms with Gasteiger partial charge in [-0.25, -0.2) is 9.98 Å². The van der Waals surface area contributed by atoms with Crippen LogP contribution < -0.4 is 0 Å². The van der Waals surface area contributed by atoms with Gasteiger partial charge in [0.1, 0.15) is 0 Å². The maximum Gasteiger partial charge on any atom is 0.0978 e. The van der Waals surface area contributed by atoms with Crippen LogP contribution in [-0.4, -0.2) is 11.4 Å². The number of aliphatic imine (C=N–C) groups is 2. The van der Waals surface area contributed by atoms with Crippen molar-refractivity contribution in [3.63, 3.8) is 0 Å². The van der Waals surface area contributed by atoms with E-state index >= 15 is 0 Å². The number of nitrogens with zero attached hydrogens (tertiary/aromatic N) is 2. The molecule has 0 saturated carbocycles. The first-order valence-electron chi connectivity index (χ1n) is 13.1. The minimum absolute atomic E-state index is 0.569. The molecule has 1 aliphatic carbocycles. The topological polar surface area (TPSA) is 24.7 Å². The Morgan fingerprint density at radius 3 is 1.15 bits per heavy atom. The third kappa shape index (κ3) is 5.90. The summed E-state index contributed by atoms with van der Waals surface area (Å²) in [4.78, 5) is 10.3. The molecule has 1 aliphatic rings. The first-order chi connectivity index (χ1) is 20.2. The van der Waals surface area contributed by atoms with Gasteiger partial charge in [0, 0.05) is 16.5 Å². The standard InChI is InChI=1S/C36H24N2.2ClH.Ni/c1-3-9-25(10-4-1)27-17-21-30(22-18-27)37-35-32-15-7-13-29-14-8-16-33(34(29)32)36(35)38-31-23-19-28(20-24-31)26-11-5-2-6-12-26;;;/h1-24H;2*1H;/q;;;+2/p-2. The fourth-order valence-corrected chi connectivity index (χ4v) is 5.19. The molecule has 0 spiro atoms. The Bertz CT molecular complexity index is 1720. The van der Waals surface area contributed by atoms with Gasteiger partial charge in [0.25, 0.3) is 0 Å². The molecule has 0 heterocycles. The van der Waals surface area contributed by atoms with Crippen molar-refractivity contribution in [2.75, 3.05) is 0 Å². The average molecular weight is 614 g/mol. The number of halogens is 2. The van der Waals surface area contributed by atoms with E-state index < -0.39 is 0 Å². The number of hydrogen-bond donors (Lipinski definition) is 0. The van der Waals surface area contributed by atoms with Gasteiger partial charge >= 0.3 is 33.0 Å². The normalized spacial score (nSPS) is 13.9. The molecule has 202 valence electrons. The van der Waals surface area contributed by atoms with Gasteiger partial charge < -0.3 is 0 Å². The summed E-state index contributed by atoms with van der Waals surface area (Å²) >= 11 is 0.569. The molecule has 5 heteroatoms. The average Bonchev–Trinajstić information content (AvgIpc) is 3.32. The van der Waals surface area contributed by atoms with Crippen molar-refractivity contribution in [3.05, 3.63) is 157 Å². The quantitative estimate of drug-likeness (QED) is 0.177. The molecule has 0 radical (unpaired) electrons. The van der Waals surface area contributed by atoms with Gasteiger partial charge in [0.15, 0.2) is 0 Å². The van der Waals surface area contributed by atoms with E-state index in [-0.39, 0.29) is 0 Å². The van der Waals surface area contributed by atoms with Crippen molar-refractivity contribution in [3.8, 4) is 22.3 Å². The minimum atomic E-state index is 0.569. The van der Waals surface area contributed by atoms with Crippen molar-refractivity contribution in [1.29, 1.82) is 0 Å². The molecule has 0 bridgehead atoms. The van der Waals surface area contributed by atoms with Crippen molar-refractivity contribution in [2.45, 2.75) is 0 Å². The molecule has 2 nitrogen and oxygen atoms in total. The Morgan fingerprint density at radius 2 is 0.756 bits per heavy atom. The van der Waals surface area contributed by atoms with Gasteiger partial charge in [0.2, 0.25) is 0 Å². The number of rotatable bonds is 4. The van der Waals surface area contributed by atoms with Crippen LogP contribution in [0.15, 0.2) is 156 Å². The summed E-state index contributed by atoms with van der Waals surface area (Å²) in [5.41, 5.74) is 10.7. The molecule has 0 amide bonds. The number of hydrogen-bond acceptors (Lipinski definition) is 2. The van der Waals surface area contributed by atoms with E-state index in [1.54, 1.807) is 0 Å². The van der Waals surface area contributed by atoms with Crippen LogP contribution in [0.25, 0.3) is 33.0 Å². The summed E-state index contributed by atoms with van der Waals surface area (Å²) in [6.07, 6.45) is 0. The van der Waals surface area contributed by atoms with Gasteiger partial charge in [-0.2, -0.15) is 0 Å². The summed E-state index contributed by atoms with van der Waals surface area (Å²) in [5.74, 6) is 0. The molecule has 0 aliphatic heterocycles. The van der Waals surface area contributed by atoms with Crippen molar-refractivity contribution >= 4 is 54.0 Å². The summed E-state index contributed by atoms with van der Waals surface area (Å²) in [6.45, 7) is 0. The van der Waals surface area contributed by atoms with E-state index in [9.17, 15) is 0 Å². The van der Waals surface area contributed by atoms with Crippen LogP contribution in [0.2, 0.25) is 0 Å². The largest absolute Gasteiger partial charge is 0.246 e. The molecular weight excluding hydrogens is 590 g/mol. The summed E-state index contributed by atoms with van der Waals surface area (Å²) in [5, 5.41) is 2.42. The second kappa shape index (κ2) is 12.7. The maximum absolute atomic E-state index is 5.16. The zero-order chi connectivity index (χ0) is 28.0. The fraction of sp³-hybridized carbons (Fsp3) is 0. The number of benzene rings is 6. The second-order valence-electron chi connectivity index (χ2n) is 9.50. The predicted octanol–water partition coefficient (Wildman–Crippen LogP) is 10.8. The Balaban J connectivity index is 0.000000967. The van der Waals surface area contributed by atoms with E-state index in [0.717, 1.165) is 33.9 Å². The molecule has 0 atom stereocenters. The van der Waals surface area contributed by atoms with E-state index in [0.29, 0.717) is 12.7 Å². The molecule has 7 rings (SSSR count). The van der Waals surface area contributed by atoms with Crippen LogP contribution in [0.4, 0.5) is 11.4 Å². The summed E-state index contributed by atoms with van der Waals surface area (Å²) in [7, 11) is 9.40. The van der Waals surface area contributed by atoms with Crippen LogP contribution in [0, 0.1) is 0 Å². The second-order valence-corrected chi connectivity index (χ2v) is 11.1. The summed E-state index contributed by atoms with van der Waals surface area (Å²) in [6, 6.07) is 50.6. The van der Waals surface area contributed by atoms with Gasteiger partial charge in [-0.15, -0.1) is 0 Å². The van der Waals surface area contributed by atoms with E-state index in [1.165, 1.54) is 33.0 Å². The van der Waals surface area contributed by atoms with Gasteiger partial charge in [-0.05, 0) is 51.9 Å². The van der Waals surface area contributed by atoms with Crippen LogP contribution in [-0.2, 0) is 12.7 Å². The summed E-state index contributed by atoms with van der Waals surface area (Å²) < 4.78 is 0. The van der Waals surface area contributed by atoms with Gasteiger partial charge in [-0.1, -0.05) is 121 Å². The fourth-order valence-electron chi connectivity index (χ4n) is 5.19. The zero-order valence-corrected chi connectivity index (χ0v) is 24.3. The third-order valence-electron chi connectivity index (χ3n) is 7.07. The molecule has 0 fully saturated rings. The molecule has 0 saturated heterocycles. The zero-order valence-electron chi connectivity index (χ0n) is 21.8. The molecule has 6 aromatic rings. The van der Waals surface area contributed by atoms with Crippen LogP contribution in [0.3, 0.4) is 0 Å². The Labute approximate surface area is 254 Å². The monoisotopic (exact) mass is 612 g/mol. The molecule has 0 N–H and O–H groups in total. The van der Waals surface area contributed by atoms with Crippen LogP contribution in [0.5, 0.6) is 0 Å². The van der Waals surface area contributed by atoms with Crippen molar-refractivity contribution in [2.24, 2.45) is 9.98 Å². The smallest absolute Gasteiger partial charge is 0.0978 e. The van der Waals surface area contributed by atoms with Gasteiger partial charge in [0.05, 0.1) is 22.8 Å². The van der Waals surface area contributed by atoms with Crippen molar-refractivity contribution in [1.82, 2.24) is 0 Å². The Morgan fingerprint density at radius 1 is 0.390 bits per heavy atom.